The number of carbonyl (C=O) groups is 3. The van der Waals surface area contributed by atoms with E-state index >= 15 is 0 Å². The van der Waals surface area contributed by atoms with Gasteiger partial charge in [-0.15, -0.1) is 0 Å². The molecule has 1 atom stereocenters. The van der Waals surface area contributed by atoms with Gasteiger partial charge in [0, 0.05) is 38.4 Å². The normalized spacial score (nSPS) is 12.3. The Bertz CT molecular complexity index is 758. The quantitative estimate of drug-likeness (QED) is 0.231. The lowest BCUT2D eigenvalue weighted by Gasteiger charge is -2.35. The number of hydrogen-bond acceptors (Lipinski definition) is 7. The van der Waals surface area contributed by atoms with E-state index in [1.807, 2.05) is 55.0 Å². The molecule has 0 aliphatic rings. The average molecular weight is 481 g/mol. The Morgan fingerprint density at radius 3 is 1.82 bits per heavy atom. The maximum absolute atomic E-state index is 11.7. The second-order valence-corrected chi connectivity index (χ2v) is 8.47. The molecule has 1 unspecified atom stereocenters. The van der Waals surface area contributed by atoms with Crippen LogP contribution < -0.4 is 5.32 Å². The van der Waals surface area contributed by atoms with Gasteiger partial charge in [0.15, 0.2) is 0 Å². The van der Waals surface area contributed by atoms with Crippen LogP contribution in [0.2, 0.25) is 0 Å². The number of hydrogen-bond donors (Lipinski definition) is 4. The molecular weight excluding hydrogens is 440 g/mol. The number of rotatable bonds is 19. The molecule has 192 valence electrons. The lowest BCUT2D eigenvalue weighted by atomic mass is 10.0. The summed E-state index contributed by atoms with van der Waals surface area (Å²) in [6, 6.07) is 7.60. The van der Waals surface area contributed by atoms with Crippen molar-refractivity contribution in [1.82, 2.24) is 14.7 Å². The highest BCUT2D eigenvalue weighted by Crippen LogP contribution is 2.15. The van der Waals surface area contributed by atoms with Crippen LogP contribution in [0.4, 0.5) is 5.69 Å². The Labute approximate surface area is 202 Å². The lowest BCUT2D eigenvalue weighted by molar-refractivity contribution is -0.141. The van der Waals surface area contributed by atoms with Crippen molar-refractivity contribution in [3.05, 3.63) is 29.8 Å². The minimum Gasteiger partial charge on any atom is -0.480 e. The molecule has 0 aliphatic heterocycles. The third-order valence-corrected chi connectivity index (χ3v) is 5.54. The molecule has 0 radical (unpaired) electrons. The van der Waals surface area contributed by atoms with E-state index in [0.717, 1.165) is 24.1 Å². The van der Waals surface area contributed by atoms with E-state index in [4.69, 9.17) is 0 Å². The van der Waals surface area contributed by atoms with Crippen molar-refractivity contribution >= 4 is 23.6 Å². The molecule has 0 aromatic heterocycles. The van der Waals surface area contributed by atoms with E-state index in [1.54, 1.807) is 4.90 Å². The van der Waals surface area contributed by atoms with Crippen LogP contribution in [0.15, 0.2) is 24.3 Å². The molecule has 34 heavy (non-hydrogen) atoms. The Balaban J connectivity index is 3.16. The molecule has 10 nitrogen and oxygen atoms in total. The first-order chi connectivity index (χ1) is 16.2. The summed E-state index contributed by atoms with van der Waals surface area (Å²) in [4.78, 5) is 39.9. The van der Waals surface area contributed by atoms with Gasteiger partial charge in [0.1, 0.15) is 0 Å². The maximum atomic E-state index is 11.7. The van der Waals surface area contributed by atoms with Crippen LogP contribution in [0.3, 0.4) is 0 Å². The number of aliphatic carboxylic acids is 3. The highest BCUT2D eigenvalue weighted by Gasteiger charge is 2.25. The van der Waals surface area contributed by atoms with Gasteiger partial charge in [-0.05, 0) is 50.0 Å². The number of nitrogens with one attached hydrogen (secondary N) is 1. The van der Waals surface area contributed by atoms with Crippen molar-refractivity contribution in [3.63, 3.8) is 0 Å². The van der Waals surface area contributed by atoms with E-state index in [-0.39, 0.29) is 25.7 Å². The van der Waals surface area contributed by atoms with Crippen LogP contribution in [0, 0.1) is 0 Å². The number of nitrogens with zero attached hydrogens (tertiary/aromatic N) is 3. The molecule has 0 aliphatic carbocycles. The van der Waals surface area contributed by atoms with Crippen molar-refractivity contribution in [2.24, 2.45) is 0 Å². The molecule has 1 aromatic carbocycles. The second-order valence-electron chi connectivity index (χ2n) is 8.47. The molecule has 0 saturated heterocycles. The summed E-state index contributed by atoms with van der Waals surface area (Å²) in [6.45, 7) is 5.87. The summed E-state index contributed by atoms with van der Waals surface area (Å²) in [5, 5.41) is 31.2. The average Bonchev–Trinajstić information content (AvgIpc) is 2.75. The third-order valence-electron chi connectivity index (χ3n) is 5.54. The van der Waals surface area contributed by atoms with Crippen LogP contribution in [0.5, 0.6) is 0 Å². The molecule has 4 N–H and O–H groups in total. The van der Waals surface area contributed by atoms with Crippen LogP contribution >= 0.6 is 0 Å². The van der Waals surface area contributed by atoms with Crippen molar-refractivity contribution < 1.29 is 29.7 Å². The fourth-order valence-electron chi connectivity index (χ4n) is 4.04. The zero-order chi connectivity index (χ0) is 25.5. The molecule has 1 rings (SSSR count). The molecule has 0 fully saturated rings. The number of anilines is 1. The zero-order valence-corrected chi connectivity index (χ0v) is 20.6. The van der Waals surface area contributed by atoms with Gasteiger partial charge in [0.25, 0.3) is 0 Å². The standard InChI is InChI=1S/C24H40N4O6/c1-4-10-26(16-22(29)30)12-13-28(18-24(33)34)21(15-27(11-5-2)17-23(31)32)14-19-6-8-20(25-3)9-7-19/h6-9,21,25H,4-5,10-18H2,1-3H3,(H,29,30)(H,31,32)(H,33,34). The smallest absolute Gasteiger partial charge is 0.317 e. The van der Waals surface area contributed by atoms with E-state index in [9.17, 15) is 29.7 Å². The van der Waals surface area contributed by atoms with Crippen molar-refractivity contribution in [1.29, 1.82) is 0 Å². The van der Waals surface area contributed by atoms with Gasteiger partial charge >= 0.3 is 17.9 Å². The first-order valence-corrected chi connectivity index (χ1v) is 11.8. The van der Waals surface area contributed by atoms with Crippen LogP contribution in [-0.2, 0) is 20.8 Å². The predicted octanol–water partition coefficient (Wildman–Crippen LogP) is 1.62. The van der Waals surface area contributed by atoms with Crippen molar-refractivity contribution in [3.8, 4) is 0 Å². The van der Waals surface area contributed by atoms with Gasteiger partial charge in [-0.3, -0.25) is 29.1 Å². The monoisotopic (exact) mass is 480 g/mol. The predicted molar refractivity (Wildman–Crippen MR) is 131 cm³/mol. The highest BCUT2D eigenvalue weighted by atomic mass is 16.4. The van der Waals surface area contributed by atoms with Gasteiger partial charge in [-0.25, -0.2) is 0 Å². The van der Waals surface area contributed by atoms with Gasteiger partial charge in [-0.1, -0.05) is 26.0 Å². The van der Waals surface area contributed by atoms with E-state index in [0.29, 0.717) is 39.1 Å². The van der Waals surface area contributed by atoms with Crippen molar-refractivity contribution in [2.75, 3.05) is 64.7 Å². The molecule has 0 heterocycles. The Hall–Kier alpha value is -2.69. The minimum absolute atomic E-state index is 0.105. The van der Waals surface area contributed by atoms with E-state index < -0.39 is 17.9 Å². The maximum Gasteiger partial charge on any atom is 0.317 e. The van der Waals surface area contributed by atoms with E-state index in [1.165, 1.54) is 0 Å². The Kier molecular flexibility index (Phi) is 13.8. The van der Waals surface area contributed by atoms with Crippen molar-refractivity contribution in [2.45, 2.75) is 39.2 Å². The molecular formula is C24H40N4O6. The first-order valence-electron chi connectivity index (χ1n) is 11.8. The van der Waals surface area contributed by atoms with Gasteiger partial charge in [0.05, 0.1) is 19.6 Å². The largest absolute Gasteiger partial charge is 0.480 e. The summed E-state index contributed by atoms with van der Waals surface area (Å²) < 4.78 is 0. The minimum atomic E-state index is -0.976. The van der Waals surface area contributed by atoms with Crippen LogP contribution in [0.1, 0.15) is 32.3 Å². The first kappa shape index (κ1) is 29.3. The molecule has 0 spiro atoms. The van der Waals surface area contributed by atoms with Crippen LogP contribution in [0.25, 0.3) is 0 Å². The van der Waals surface area contributed by atoms with Crippen LogP contribution in [-0.4, -0.2) is 113 Å². The second kappa shape index (κ2) is 16.0. The number of carboxylic acid groups (broad SMARTS) is 3. The summed E-state index contributed by atoms with van der Waals surface area (Å²) in [6.07, 6.45) is 2.11. The topological polar surface area (TPSA) is 134 Å². The summed E-state index contributed by atoms with van der Waals surface area (Å²) >= 11 is 0. The molecule has 0 amide bonds. The fourth-order valence-corrected chi connectivity index (χ4v) is 4.04. The van der Waals surface area contributed by atoms with Gasteiger partial charge in [0.2, 0.25) is 0 Å². The summed E-state index contributed by atoms with van der Waals surface area (Å²) in [5.74, 6) is -2.82. The SMILES string of the molecule is CCCN(CCN(CC(=O)O)C(Cc1ccc(NC)cc1)CN(CCC)CC(=O)O)CC(=O)O. The summed E-state index contributed by atoms with van der Waals surface area (Å²) in [5.41, 5.74) is 1.98. The summed E-state index contributed by atoms with van der Waals surface area (Å²) in [7, 11) is 1.83. The lowest BCUT2D eigenvalue weighted by Crippen LogP contribution is -2.51. The van der Waals surface area contributed by atoms with Gasteiger partial charge in [-0.2, -0.15) is 0 Å². The number of benzene rings is 1. The third kappa shape index (κ3) is 12.0. The molecule has 0 bridgehead atoms. The molecule has 0 saturated carbocycles. The van der Waals surface area contributed by atoms with E-state index in [2.05, 4.69) is 5.32 Å². The zero-order valence-electron chi connectivity index (χ0n) is 20.6. The number of carboxylic acids is 3. The van der Waals surface area contributed by atoms with Gasteiger partial charge < -0.3 is 20.6 Å². The highest BCUT2D eigenvalue weighted by molar-refractivity contribution is 5.70. The molecule has 1 aromatic rings. The fraction of sp³-hybridized carbons (Fsp3) is 0.625. The molecule has 10 heteroatoms. The Morgan fingerprint density at radius 1 is 0.794 bits per heavy atom. The Morgan fingerprint density at radius 2 is 1.32 bits per heavy atom.